The Balaban J connectivity index is 1.89. The number of nitrogens with zero attached hydrogens (tertiary/aromatic N) is 2. The van der Waals surface area contributed by atoms with Crippen LogP contribution in [-0.2, 0) is 4.79 Å². The first-order valence-corrected chi connectivity index (χ1v) is 6.85. The average Bonchev–Trinajstić information content (AvgIpc) is 2.53. The molecule has 0 aliphatic carbocycles. The molecule has 17 heavy (non-hydrogen) atoms. The molecule has 98 valence electrons. The molecule has 2 aliphatic rings. The fourth-order valence-electron chi connectivity index (χ4n) is 2.87. The molecule has 0 aromatic carbocycles. The number of hydrogen-bond acceptors (Lipinski definition) is 3. The molecular formula is C13H25N3O. The van der Waals surface area contributed by atoms with Crippen LogP contribution in [0.15, 0.2) is 0 Å². The maximum Gasteiger partial charge on any atom is 0.227 e. The summed E-state index contributed by atoms with van der Waals surface area (Å²) >= 11 is 0. The van der Waals surface area contributed by atoms with Gasteiger partial charge in [-0.25, -0.2) is 0 Å². The van der Waals surface area contributed by atoms with Gasteiger partial charge in [-0.1, -0.05) is 6.92 Å². The summed E-state index contributed by atoms with van der Waals surface area (Å²) in [7, 11) is 2.14. The standard InChI is InChI=1S/C13H25N3O/c1-11-8-12(10-14-9-11)13(17)16-5-3-4-15(2)6-7-16/h11-12,14H,3-10H2,1-2H3. The van der Waals surface area contributed by atoms with E-state index in [0.29, 0.717) is 11.8 Å². The quantitative estimate of drug-likeness (QED) is 0.719. The highest BCUT2D eigenvalue weighted by molar-refractivity contribution is 5.79. The van der Waals surface area contributed by atoms with Crippen LogP contribution in [0, 0.1) is 11.8 Å². The smallest absolute Gasteiger partial charge is 0.227 e. The van der Waals surface area contributed by atoms with Crippen molar-refractivity contribution < 1.29 is 4.79 Å². The maximum absolute atomic E-state index is 12.4. The van der Waals surface area contributed by atoms with Crippen molar-refractivity contribution in [1.29, 1.82) is 0 Å². The Hall–Kier alpha value is -0.610. The van der Waals surface area contributed by atoms with Crippen molar-refractivity contribution >= 4 is 5.91 Å². The van der Waals surface area contributed by atoms with Gasteiger partial charge in [-0.2, -0.15) is 0 Å². The van der Waals surface area contributed by atoms with Gasteiger partial charge in [0.2, 0.25) is 5.91 Å². The Morgan fingerprint density at radius 1 is 1.18 bits per heavy atom. The lowest BCUT2D eigenvalue weighted by Crippen LogP contribution is -2.46. The molecule has 2 aliphatic heterocycles. The molecule has 0 radical (unpaired) electrons. The number of amides is 1. The van der Waals surface area contributed by atoms with Gasteiger partial charge in [-0.05, 0) is 38.9 Å². The number of likely N-dealkylation sites (N-methyl/N-ethyl adjacent to an activating group) is 1. The lowest BCUT2D eigenvalue weighted by atomic mass is 9.91. The number of piperidine rings is 1. The number of hydrogen-bond donors (Lipinski definition) is 1. The molecule has 2 unspecified atom stereocenters. The first-order valence-electron chi connectivity index (χ1n) is 6.85. The lowest BCUT2D eigenvalue weighted by Gasteiger charge is -2.31. The van der Waals surface area contributed by atoms with E-state index in [1.54, 1.807) is 0 Å². The van der Waals surface area contributed by atoms with Gasteiger partial charge in [0.15, 0.2) is 0 Å². The fraction of sp³-hybridized carbons (Fsp3) is 0.923. The summed E-state index contributed by atoms with van der Waals surface area (Å²) in [6, 6.07) is 0. The van der Waals surface area contributed by atoms with Crippen LogP contribution in [0.2, 0.25) is 0 Å². The zero-order chi connectivity index (χ0) is 12.3. The van der Waals surface area contributed by atoms with Crippen LogP contribution in [0.1, 0.15) is 19.8 Å². The van der Waals surface area contributed by atoms with Crippen molar-refractivity contribution in [2.75, 3.05) is 46.3 Å². The molecule has 2 heterocycles. The summed E-state index contributed by atoms with van der Waals surface area (Å²) < 4.78 is 0. The summed E-state index contributed by atoms with van der Waals surface area (Å²) in [5, 5.41) is 3.37. The Morgan fingerprint density at radius 2 is 2.00 bits per heavy atom. The van der Waals surface area contributed by atoms with Crippen molar-refractivity contribution in [2.24, 2.45) is 11.8 Å². The highest BCUT2D eigenvalue weighted by atomic mass is 16.2. The van der Waals surface area contributed by atoms with Crippen LogP contribution in [0.5, 0.6) is 0 Å². The van der Waals surface area contributed by atoms with E-state index in [1.165, 1.54) is 0 Å². The lowest BCUT2D eigenvalue weighted by molar-refractivity contribution is -0.136. The maximum atomic E-state index is 12.4. The Bertz CT molecular complexity index is 269. The number of carbonyl (C=O) groups excluding carboxylic acids is 1. The van der Waals surface area contributed by atoms with Crippen molar-refractivity contribution in [3.05, 3.63) is 0 Å². The van der Waals surface area contributed by atoms with E-state index >= 15 is 0 Å². The SMILES string of the molecule is CC1CNCC(C(=O)N2CCCN(C)CC2)C1. The molecule has 0 spiro atoms. The van der Waals surface area contributed by atoms with Crippen molar-refractivity contribution in [1.82, 2.24) is 15.1 Å². The van der Waals surface area contributed by atoms with Gasteiger partial charge in [0.1, 0.15) is 0 Å². The van der Waals surface area contributed by atoms with Crippen LogP contribution in [0.4, 0.5) is 0 Å². The zero-order valence-electron chi connectivity index (χ0n) is 11.1. The van der Waals surface area contributed by atoms with E-state index in [-0.39, 0.29) is 5.92 Å². The summed E-state index contributed by atoms with van der Waals surface area (Å²) in [6.45, 7) is 8.13. The third-order valence-electron chi connectivity index (χ3n) is 3.95. The average molecular weight is 239 g/mol. The van der Waals surface area contributed by atoms with Gasteiger partial charge in [0, 0.05) is 26.2 Å². The van der Waals surface area contributed by atoms with Crippen LogP contribution in [0.3, 0.4) is 0 Å². The molecule has 0 aromatic heterocycles. The zero-order valence-corrected chi connectivity index (χ0v) is 11.1. The molecule has 2 atom stereocenters. The van der Waals surface area contributed by atoms with E-state index in [4.69, 9.17) is 0 Å². The minimum Gasteiger partial charge on any atom is -0.341 e. The second kappa shape index (κ2) is 5.83. The topological polar surface area (TPSA) is 35.6 Å². The number of carbonyl (C=O) groups is 1. The highest BCUT2D eigenvalue weighted by Crippen LogP contribution is 2.18. The van der Waals surface area contributed by atoms with Gasteiger partial charge in [-0.3, -0.25) is 4.79 Å². The van der Waals surface area contributed by atoms with Gasteiger partial charge in [0.05, 0.1) is 5.92 Å². The highest BCUT2D eigenvalue weighted by Gasteiger charge is 2.29. The molecule has 0 bridgehead atoms. The minimum absolute atomic E-state index is 0.210. The minimum atomic E-state index is 0.210. The normalized spacial score (nSPS) is 32.2. The predicted molar refractivity (Wildman–Crippen MR) is 68.8 cm³/mol. The molecule has 2 saturated heterocycles. The van der Waals surface area contributed by atoms with Crippen molar-refractivity contribution in [2.45, 2.75) is 19.8 Å². The molecule has 0 saturated carbocycles. The van der Waals surface area contributed by atoms with Crippen LogP contribution in [0.25, 0.3) is 0 Å². The number of nitrogens with one attached hydrogen (secondary N) is 1. The molecule has 4 heteroatoms. The van der Waals surface area contributed by atoms with Crippen LogP contribution >= 0.6 is 0 Å². The van der Waals surface area contributed by atoms with E-state index in [2.05, 4.69) is 29.1 Å². The van der Waals surface area contributed by atoms with Crippen molar-refractivity contribution in [3.8, 4) is 0 Å². The Labute approximate surface area is 104 Å². The summed E-state index contributed by atoms with van der Waals surface area (Å²) in [5.41, 5.74) is 0. The largest absolute Gasteiger partial charge is 0.341 e. The molecule has 0 aromatic rings. The third-order valence-corrected chi connectivity index (χ3v) is 3.95. The van der Waals surface area contributed by atoms with Gasteiger partial charge in [-0.15, -0.1) is 0 Å². The number of rotatable bonds is 1. The summed E-state index contributed by atoms with van der Waals surface area (Å²) in [5.74, 6) is 1.22. The molecule has 2 fully saturated rings. The first kappa shape index (κ1) is 12.8. The molecule has 1 N–H and O–H groups in total. The first-order chi connectivity index (χ1) is 8.16. The molecular weight excluding hydrogens is 214 g/mol. The van der Waals surface area contributed by atoms with E-state index in [0.717, 1.165) is 52.1 Å². The monoisotopic (exact) mass is 239 g/mol. The Kier molecular flexibility index (Phi) is 4.40. The van der Waals surface area contributed by atoms with E-state index in [9.17, 15) is 4.79 Å². The van der Waals surface area contributed by atoms with Crippen molar-refractivity contribution in [3.63, 3.8) is 0 Å². The molecule has 4 nitrogen and oxygen atoms in total. The molecule has 2 rings (SSSR count). The van der Waals surface area contributed by atoms with E-state index in [1.807, 2.05) is 0 Å². The van der Waals surface area contributed by atoms with Gasteiger partial charge < -0.3 is 15.1 Å². The van der Waals surface area contributed by atoms with Gasteiger partial charge >= 0.3 is 0 Å². The van der Waals surface area contributed by atoms with Gasteiger partial charge in [0.25, 0.3) is 0 Å². The third kappa shape index (κ3) is 3.42. The van der Waals surface area contributed by atoms with Crippen LogP contribution < -0.4 is 5.32 Å². The predicted octanol–water partition coefficient (Wildman–Crippen LogP) is 0.396. The summed E-state index contributed by atoms with van der Waals surface area (Å²) in [4.78, 5) is 16.8. The fourth-order valence-corrected chi connectivity index (χ4v) is 2.87. The second-order valence-corrected chi connectivity index (χ2v) is 5.68. The molecule has 1 amide bonds. The Morgan fingerprint density at radius 3 is 2.76 bits per heavy atom. The second-order valence-electron chi connectivity index (χ2n) is 5.68. The van der Waals surface area contributed by atoms with E-state index < -0.39 is 0 Å². The summed E-state index contributed by atoms with van der Waals surface area (Å²) in [6.07, 6.45) is 2.16. The van der Waals surface area contributed by atoms with Crippen LogP contribution in [-0.4, -0.2) is 62.0 Å².